The van der Waals surface area contributed by atoms with E-state index in [0.717, 1.165) is 44.7 Å². The zero-order valence-electron chi connectivity index (χ0n) is 38.6. The third-order valence-corrected chi connectivity index (χ3v) is 13.8. The number of hydrogen-bond donors (Lipinski definition) is 3. The molecule has 3 aromatic heterocycles. The van der Waals surface area contributed by atoms with Crippen LogP contribution in [0, 0.1) is 11.3 Å². The number of halogens is 1. The van der Waals surface area contributed by atoms with E-state index in [-0.39, 0.29) is 44.6 Å². The third kappa shape index (κ3) is 9.68. The first-order chi connectivity index (χ1) is 30.5. The van der Waals surface area contributed by atoms with E-state index < -0.39 is 59.6 Å². The van der Waals surface area contributed by atoms with E-state index in [9.17, 15) is 23.6 Å². The predicted octanol–water partition coefficient (Wildman–Crippen LogP) is 5.91. The number of fused-ring (bicyclic) bond motifs is 6. The van der Waals surface area contributed by atoms with Gasteiger partial charge in [-0.3, -0.25) is 24.4 Å². The number of methoxy groups -OCH3 is 1. The summed E-state index contributed by atoms with van der Waals surface area (Å²) in [7, 11) is 4.92. The van der Waals surface area contributed by atoms with Gasteiger partial charge in [0.25, 0.3) is 5.91 Å². The van der Waals surface area contributed by atoms with Gasteiger partial charge < -0.3 is 34.5 Å². The normalized spacial score (nSPS) is 22.8. The number of cyclic esters (lactones) is 1. The molecule has 346 valence electrons. The van der Waals surface area contributed by atoms with Crippen LogP contribution >= 0.6 is 11.3 Å². The zero-order valence-corrected chi connectivity index (χ0v) is 39.4. The summed E-state index contributed by atoms with van der Waals surface area (Å²) < 4.78 is 28.8. The van der Waals surface area contributed by atoms with Gasteiger partial charge in [0, 0.05) is 85.8 Å². The lowest BCUT2D eigenvalue weighted by atomic mass is 9.84. The lowest BCUT2D eigenvalue weighted by Crippen LogP contribution is -2.63. The molecule has 64 heavy (non-hydrogen) atoms. The molecule has 3 aliphatic rings. The number of likely N-dealkylation sites (tertiary alicyclic amines) is 1. The highest BCUT2D eigenvalue weighted by atomic mass is 32.1. The first-order valence-corrected chi connectivity index (χ1v) is 23.4. The Bertz CT molecular complexity index is 2350. The number of nitrogens with one attached hydrogen (secondary N) is 3. The maximum atomic E-state index is 14.6. The molecule has 6 atom stereocenters. The Balaban J connectivity index is 1.27. The van der Waals surface area contributed by atoms with Crippen molar-refractivity contribution in [2.75, 3.05) is 47.4 Å². The first kappa shape index (κ1) is 47.0. The first-order valence-electron chi connectivity index (χ1n) is 22.5. The molecule has 17 heteroatoms. The van der Waals surface area contributed by atoms with Crippen LogP contribution in [-0.2, 0) is 43.2 Å². The van der Waals surface area contributed by atoms with E-state index in [0.29, 0.717) is 37.4 Å². The molecule has 0 saturated carbocycles. The molecule has 0 unspecified atom stereocenters. The number of likely N-dealkylation sites (N-methyl/N-ethyl adjacent to an activating group) is 2. The van der Waals surface area contributed by atoms with Crippen molar-refractivity contribution in [3.8, 4) is 22.5 Å². The van der Waals surface area contributed by atoms with Gasteiger partial charge in [0.15, 0.2) is 0 Å². The van der Waals surface area contributed by atoms with Crippen molar-refractivity contribution in [1.82, 2.24) is 45.4 Å². The Kier molecular flexibility index (Phi) is 14.4. The van der Waals surface area contributed by atoms with Crippen LogP contribution in [0.5, 0.6) is 0 Å². The number of piperidine rings is 1. The summed E-state index contributed by atoms with van der Waals surface area (Å²) in [5.41, 5.74) is 9.23. The van der Waals surface area contributed by atoms with Gasteiger partial charge in [-0.25, -0.2) is 19.6 Å². The lowest BCUT2D eigenvalue weighted by molar-refractivity contribution is -0.155. The second-order valence-corrected chi connectivity index (χ2v) is 19.4. The van der Waals surface area contributed by atoms with Gasteiger partial charge in [-0.15, -0.1) is 11.3 Å². The molecule has 3 aliphatic heterocycles. The molecule has 6 heterocycles. The number of rotatable bonds is 9. The summed E-state index contributed by atoms with van der Waals surface area (Å²) >= 11 is 1.40. The average Bonchev–Trinajstić information content (AvgIpc) is 3.88. The van der Waals surface area contributed by atoms with Crippen LogP contribution in [0.2, 0.25) is 0 Å². The molecule has 1 aromatic carbocycles. The van der Waals surface area contributed by atoms with Gasteiger partial charge in [0.1, 0.15) is 24.3 Å². The standard InChI is InChI=1S/C47H64FN9O6S/c1-10-56-38-16-15-29-21-31(38)32(42(56)30-13-11-18-50-40(30)28(4)62-9)23-47(5,6)26-63-45(60)34-14-12-19-57(53-34)44(59)35(22-39-51-37(29)25-64-39)52-43(58)41(27(2)3)54(8)46(61)55-20-17-33(48)36(24-55)49-7/h11,13,15-16,18,21,25,27-28,33-36,41,49,53H,10,12,14,17,19-20,22-24,26H2,1-9H3,(H,52,58)/t28-,33+,34-,35-,36+,41-/m0/s1. The predicted molar refractivity (Wildman–Crippen MR) is 245 cm³/mol. The highest BCUT2D eigenvalue weighted by Crippen LogP contribution is 2.42. The maximum Gasteiger partial charge on any atom is 0.324 e. The highest BCUT2D eigenvalue weighted by Gasteiger charge is 2.40. The summed E-state index contributed by atoms with van der Waals surface area (Å²) in [5.74, 6) is -1.73. The second kappa shape index (κ2) is 19.6. The number of ether oxygens (including phenoxy) is 2. The number of nitrogens with zero attached hydrogens (tertiary/aromatic N) is 6. The van der Waals surface area contributed by atoms with Crippen LogP contribution in [0.4, 0.5) is 9.18 Å². The second-order valence-electron chi connectivity index (χ2n) is 18.5. The molecule has 2 fully saturated rings. The largest absolute Gasteiger partial charge is 0.464 e. The molecule has 3 N–H and O–H groups in total. The molecular weight excluding hydrogens is 838 g/mol. The number of hydrogen-bond acceptors (Lipinski definition) is 11. The Labute approximate surface area is 379 Å². The molecule has 0 aliphatic carbocycles. The summed E-state index contributed by atoms with van der Waals surface area (Å²) in [6.45, 7) is 13.5. The summed E-state index contributed by atoms with van der Waals surface area (Å²) in [4.78, 5) is 69.5. The van der Waals surface area contributed by atoms with Gasteiger partial charge in [-0.05, 0) is 82.3 Å². The molecule has 0 spiro atoms. The number of benzene rings is 1. The van der Waals surface area contributed by atoms with E-state index in [1.54, 1.807) is 32.3 Å². The Morgan fingerprint density at radius 2 is 1.94 bits per heavy atom. The van der Waals surface area contributed by atoms with Crippen molar-refractivity contribution < 1.29 is 33.0 Å². The third-order valence-electron chi connectivity index (χ3n) is 12.9. The topological polar surface area (TPSA) is 163 Å². The van der Waals surface area contributed by atoms with E-state index in [4.69, 9.17) is 19.4 Å². The number of hydrazine groups is 1. The van der Waals surface area contributed by atoms with E-state index in [1.807, 2.05) is 32.2 Å². The average molecular weight is 902 g/mol. The van der Waals surface area contributed by atoms with Crippen molar-refractivity contribution in [3.05, 3.63) is 58.2 Å². The van der Waals surface area contributed by atoms with Crippen LogP contribution in [0.25, 0.3) is 33.4 Å². The molecule has 2 saturated heterocycles. The number of aromatic nitrogens is 3. The van der Waals surface area contributed by atoms with Crippen molar-refractivity contribution in [3.63, 3.8) is 0 Å². The summed E-state index contributed by atoms with van der Waals surface area (Å²) in [6, 6.07) is 6.65. The summed E-state index contributed by atoms with van der Waals surface area (Å²) in [6.07, 6.45) is 2.28. The van der Waals surface area contributed by atoms with E-state index in [2.05, 4.69) is 65.7 Å². The molecule has 4 amide bonds. The van der Waals surface area contributed by atoms with Crippen LogP contribution in [0.3, 0.4) is 0 Å². The fourth-order valence-corrected chi connectivity index (χ4v) is 10.3. The number of pyridine rings is 1. The summed E-state index contributed by atoms with van der Waals surface area (Å²) in [5, 5.41) is 11.0. The van der Waals surface area contributed by atoms with Crippen molar-refractivity contribution in [2.45, 2.75) is 117 Å². The van der Waals surface area contributed by atoms with Crippen molar-refractivity contribution in [1.29, 1.82) is 0 Å². The minimum Gasteiger partial charge on any atom is -0.464 e. The minimum atomic E-state index is -1.09. The monoisotopic (exact) mass is 901 g/mol. The van der Waals surface area contributed by atoms with Crippen LogP contribution < -0.4 is 16.1 Å². The van der Waals surface area contributed by atoms with Gasteiger partial charge in [-0.2, -0.15) is 0 Å². The molecule has 15 nitrogen and oxygen atoms in total. The van der Waals surface area contributed by atoms with Gasteiger partial charge in [-0.1, -0.05) is 33.8 Å². The van der Waals surface area contributed by atoms with Crippen molar-refractivity contribution in [2.24, 2.45) is 11.3 Å². The Morgan fingerprint density at radius 3 is 2.66 bits per heavy atom. The number of amides is 4. The number of urea groups is 1. The Morgan fingerprint density at radius 1 is 1.16 bits per heavy atom. The van der Waals surface area contributed by atoms with Crippen LogP contribution in [0.15, 0.2) is 41.9 Å². The van der Waals surface area contributed by atoms with Gasteiger partial charge in [0.2, 0.25) is 5.91 Å². The molecule has 6 bridgehead atoms. The molecule has 7 rings (SSSR count). The zero-order chi connectivity index (χ0) is 46.0. The van der Waals surface area contributed by atoms with E-state index >= 15 is 0 Å². The fraction of sp³-hybridized carbons (Fsp3) is 0.574. The lowest BCUT2D eigenvalue weighted by Gasteiger charge is -2.40. The number of esters is 1. The van der Waals surface area contributed by atoms with Crippen LogP contribution in [0.1, 0.15) is 83.2 Å². The molecule has 0 radical (unpaired) electrons. The SMILES string of the molecule is CCn1c(-c2cccnc2[C@H](C)OC)c2c3cc(ccc31)-c1csc(n1)C[C@H](NC(=O)[C@H](C(C)C)N(C)C(=O)N1CC[C@@H](F)[C@H](NC)C1)C(=O)N1CCC[C@H](N1)C(=O)OCC(C)(C)C2. The fourth-order valence-electron chi connectivity index (χ4n) is 9.46. The smallest absolute Gasteiger partial charge is 0.324 e. The number of thiazole rings is 1. The number of aryl methyl sites for hydroxylation is 1. The number of alkyl halides is 1. The maximum absolute atomic E-state index is 14.6. The quantitative estimate of drug-likeness (QED) is 0.172. The van der Waals surface area contributed by atoms with Crippen LogP contribution in [-0.4, -0.2) is 131 Å². The molecule has 4 aromatic rings. The van der Waals surface area contributed by atoms with Gasteiger partial charge >= 0.3 is 12.0 Å². The highest BCUT2D eigenvalue weighted by molar-refractivity contribution is 7.10. The van der Waals surface area contributed by atoms with Crippen molar-refractivity contribution >= 4 is 46.1 Å². The molecular formula is C47H64FN9O6S. The van der Waals surface area contributed by atoms with Gasteiger partial charge in [0.05, 0.1) is 40.8 Å². The Hall–Kier alpha value is -4.97. The van der Waals surface area contributed by atoms with E-state index in [1.165, 1.54) is 21.2 Å². The number of carbonyl (C=O) groups excluding carboxylic acids is 4. The number of carbonyl (C=O) groups is 4. The minimum absolute atomic E-state index is 0.0678.